The first-order valence-corrected chi connectivity index (χ1v) is 3.92. The molecule has 0 atom stereocenters. The number of rotatable bonds is 2. The van der Waals surface area contributed by atoms with Crippen LogP contribution in [0.1, 0.15) is 5.69 Å². The van der Waals surface area contributed by atoms with Gasteiger partial charge in [-0.3, -0.25) is 0 Å². The minimum Gasteiger partial charge on any atom is -0.468 e. The molecule has 0 spiro atoms. The normalized spacial score (nSPS) is 12.6. The van der Waals surface area contributed by atoms with E-state index in [9.17, 15) is 26.3 Å². The fourth-order valence-electron chi connectivity index (χ4n) is 0.809. The van der Waals surface area contributed by atoms with Gasteiger partial charge in [0.15, 0.2) is 6.61 Å². The van der Waals surface area contributed by atoms with Crippen LogP contribution < -0.4 is 4.74 Å². The van der Waals surface area contributed by atoms with E-state index in [2.05, 4.69) is 9.72 Å². The second-order valence-electron chi connectivity index (χ2n) is 2.76. The van der Waals surface area contributed by atoms with Crippen molar-refractivity contribution in [3.8, 4) is 5.88 Å². The number of ether oxygens (including phenoxy) is 1. The molecule has 0 aliphatic carbocycles. The predicted octanol–water partition coefficient (Wildman–Crippen LogP) is 3.04. The van der Waals surface area contributed by atoms with Crippen molar-refractivity contribution >= 4 is 0 Å². The summed E-state index contributed by atoms with van der Waals surface area (Å²) >= 11 is 0. The molecule has 0 N–H and O–H groups in total. The van der Waals surface area contributed by atoms with Crippen molar-refractivity contribution in [3.05, 3.63) is 23.9 Å². The monoisotopic (exact) mass is 245 g/mol. The Bertz CT molecular complexity index is 358. The van der Waals surface area contributed by atoms with E-state index in [1.165, 1.54) is 0 Å². The lowest BCUT2D eigenvalue weighted by atomic mass is 10.3. The Labute approximate surface area is 85.9 Å². The molecule has 0 fully saturated rings. The Kier molecular flexibility index (Phi) is 3.30. The third-order valence-corrected chi connectivity index (χ3v) is 1.40. The molecule has 0 aromatic carbocycles. The molecule has 16 heavy (non-hydrogen) atoms. The van der Waals surface area contributed by atoms with Crippen molar-refractivity contribution in [1.29, 1.82) is 0 Å². The molecule has 1 rings (SSSR count). The number of hydrogen-bond acceptors (Lipinski definition) is 2. The molecule has 0 saturated carbocycles. The minimum atomic E-state index is -4.71. The van der Waals surface area contributed by atoms with Gasteiger partial charge in [0.05, 0.1) is 0 Å². The molecular weight excluding hydrogens is 240 g/mol. The summed E-state index contributed by atoms with van der Waals surface area (Å²) < 4.78 is 75.5. The van der Waals surface area contributed by atoms with Crippen LogP contribution in [0.15, 0.2) is 18.2 Å². The first kappa shape index (κ1) is 12.6. The molecule has 0 aliphatic heterocycles. The molecule has 1 aromatic rings. The molecule has 1 heterocycles. The van der Waals surface area contributed by atoms with Crippen LogP contribution in [0.3, 0.4) is 0 Å². The third-order valence-electron chi connectivity index (χ3n) is 1.40. The third kappa shape index (κ3) is 3.95. The molecule has 2 nitrogen and oxygen atoms in total. The van der Waals surface area contributed by atoms with Gasteiger partial charge in [0.2, 0.25) is 5.88 Å². The van der Waals surface area contributed by atoms with Crippen LogP contribution in [0.2, 0.25) is 0 Å². The summed E-state index contributed by atoms with van der Waals surface area (Å²) in [5.74, 6) is -0.716. The summed E-state index contributed by atoms with van der Waals surface area (Å²) in [5.41, 5.74) is -1.30. The van der Waals surface area contributed by atoms with Crippen LogP contribution >= 0.6 is 0 Å². The van der Waals surface area contributed by atoms with Gasteiger partial charge in [0.1, 0.15) is 5.69 Å². The van der Waals surface area contributed by atoms with E-state index >= 15 is 0 Å². The molecule has 0 unspecified atom stereocenters. The van der Waals surface area contributed by atoms with Gasteiger partial charge in [-0.15, -0.1) is 0 Å². The number of alkyl halides is 6. The van der Waals surface area contributed by atoms with Crippen molar-refractivity contribution in [2.45, 2.75) is 12.4 Å². The topological polar surface area (TPSA) is 22.1 Å². The van der Waals surface area contributed by atoms with Gasteiger partial charge in [0, 0.05) is 6.07 Å². The highest BCUT2D eigenvalue weighted by Crippen LogP contribution is 2.28. The number of hydrogen-bond donors (Lipinski definition) is 0. The van der Waals surface area contributed by atoms with Crippen molar-refractivity contribution in [2.24, 2.45) is 0 Å². The second kappa shape index (κ2) is 4.18. The fourth-order valence-corrected chi connectivity index (χ4v) is 0.809. The van der Waals surface area contributed by atoms with Crippen LogP contribution in [0.25, 0.3) is 0 Å². The lowest BCUT2D eigenvalue weighted by Crippen LogP contribution is -2.20. The van der Waals surface area contributed by atoms with Crippen molar-refractivity contribution < 1.29 is 31.1 Å². The summed E-state index contributed by atoms with van der Waals surface area (Å²) in [6.07, 6.45) is -9.33. The summed E-state index contributed by atoms with van der Waals surface area (Å²) in [7, 11) is 0. The number of nitrogens with zero attached hydrogens (tertiary/aromatic N) is 1. The zero-order chi connectivity index (χ0) is 12.4. The molecule has 0 amide bonds. The van der Waals surface area contributed by atoms with E-state index < -0.39 is 30.5 Å². The maximum atomic E-state index is 12.1. The maximum Gasteiger partial charge on any atom is 0.433 e. The lowest BCUT2D eigenvalue weighted by molar-refractivity contribution is -0.154. The standard InChI is InChI=1S/C8H5F6NO/c9-7(10,11)4-16-6-3-1-2-5(15-6)8(12,13)14/h1-3H,4H2. The van der Waals surface area contributed by atoms with Gasteiger partial charge >= 0.3 is 12.4 Å². The zero-order valence-electron chi connectivity index (χ0n) is 7.56. The molecule has 0 bridgehead atoms. The van der Waals surface area contributed by atoms with Crippen molar-refractivity contribution in [1.82, 2.24) is 4.98 Å². The van der Waals surface area contributed by atoms with E-state index in [0.29, 0.717) is 6.07 Å². The fraction of sp³-hybridized carbons (Fsp3) is 0.375. The first-order chi connectivity index (χ1) is 7.18. The Morgan fingerprint density at radius 2 is 1.69 bits per heavy atom. The largest absolute Gasteiger partial charge is 0.468 e. The molecule has 0 aliphatic rings. The molecule has 90 valence electrons. The molecule has 8 heteroatoms. The Morgan fingerprint density at radius 1 is 1.06 bits per heavy atom. The SMILES string of the molecule is FC(F)(F)COc1cccc(C(F)(F)F)n1. The Balaban J connectivity index is 2.76. The van der Waals surface area contributed by atoms with E-state index in [1.807, 2.05) is 0 Å². The Hall–Kier alpha value is -1.47. The number of aromatic nitrogens is 1. The molecular formula is C8H5F6NO. The molecule has 1 aromatic heterocycles. The highest BCUT2D eigenvalue weighted by atomic mass is 19.4. The lowest BCUT2D eigenvalue weighted by Gasteiger charge is -2.10. The number of halogens is 6. The van der Waals surface area contributed by atoms with Crippen LogP contribution in [0.5, 0.6) is 5.88 Å². The van der Waals surface area contributed by atoms with Gasteiger partial charge < -0.3 is 4.74 Å². The van der Waals surface area contributed by atoms with E-state index in [-0.39, 0.29) is 0 Å². The first-order valence-electron chi connectivity index (χ1n) is 3.92. The average Bonchev–Trinajstić information content (AvgIpc) is 2.13. The van der Waals surface area contributed by atoms with E-state index in [0.717, 1.165) is 12.1 Å². The van der Waals surface area contributed by atoms with Gasteiger partial charge in [0.25, 0.3) is 0 Å². The summed E-state index contributed by atoms with van der Waals surface area (Å²) in [5, 5.41) is 0. The smallest absolute Gasteiger partial charge is 0.433 e. The predicted molar refractivity (Wildman–Crippen MR) is 40.8 cm³/mol. The van der Waals surface area contributed by atoms with Crippen molar-refractivity contribution in [2.75, 3.05) is 6.61 Å². The van der Waals surface area contributed by atoms with Crippen LogP contribution in [-0.4, -0.2) is 17.8 Å². The Morgan fingerprint density at radius 3 is 2.19 bits per heavy atom. The van der Waals surface area contributed by atoms with Crippen LogP contribution in [0.4, 0.5) is 26.3 Å². The van der Waals surface area contributed by atoms with Gasteiger partial charge in [-0.25, -0.2) is 4.98 Å². The summed E-state index contributed by atoms with van der Waals surface area (Å²) in [6.45, 7) is -1.68. The molecule has 0 radical (unpaired) electrons. The van der Waals surface area contributed by atoms with Crippen molar-refractivity contribution in [3.63, 3.8) is 0 Å². The highest BCUT2D eigenvalue weighted by Gasteiger charge is 2.33. The van der Waals surface area contributed by atoms with Crippen LogP contribution in [-0.2, 0) is 6.18 Å². The summed E-state index contributed by atoms with van der Waals surface area (Å²) in [6, 6.07) is 2.48. The van der Waals surface area contributed by atoms with E-state index in [1.54, 1.807) is 0 Å². The maximum absolute atomic E-state index is 12.1. The number of pyridine rings is 1. The summed E-state index contributed by atoms with van der Waals surface area (Å²) in [4.78, 5) is 2.90. The van der Waals surface area contributed by atoms with Gasteiger partial charge in [-0.05, 0) is 6.07 Å². The quantitative estimate of drug-likeness (QED) is 0.747. The average molecular weight is 245 g/mol. The minimum absolute atomic E-state index is 0.639. The molecule has 0 saturated heterocycles. The van der Waals surface area contributed by atoms with E-state index in [4.69, 9.17) is 0 Å². The van der Waals surface area contributed by atoms with Gasteiger partial charge in [-0.1, -0.05) is 6.07 Å². The van der Waals surface area contributed by atoms with Crippen LogP contribution in [0, 0.1) is 0 Å². The zero-order valence-corrected chi connectivity index (χ0v) is 7.56. The van der Waals surface area contributed by atoms with Gasteiger partial charge in [-0.2, -0.15) is 26.3 Å². The second-order valence-corrected chi connectivity index (χ2v) is 2.76. The highest BCUT2D eigenvalue weighted by molar-refractivity contribution is 5.17.